The number of aromatic nitrogens is 1. The molecule has 0 saturated carbocycles. The molecule has 1 fully saturated rings. The summed E-state index contributed by atoms with van der Waals surface area (Å²) < 4.78 is 0. The fourth-order valence-corrected chi connectivity index (χ4v) is 3.54. The first-order valence-corrected chi connectivity index (χ1v) is 7.76. The number of anilines is 1. The molecular formula is C14H25N3OS. The molecule has 0 spiro atoms. The van der Waals surface area contributed by atoms with Crippen LogP contribution < -0.4 is 4.90 Å². The molecule has 1 aliphatic rings. The highest BCUT2D eigenvalue weighted by atomic mass is 32.1. The maximum absolute atomic E-state index is 9.71. The zero-order chi connectivity index (χ0) is 14.2. The van der Waals surface area contributed by atoms with Crippen LogP contribution in [0.5, 0.6) is 0 Å². The molecule has 2 rings (SSSR count). The average molecular weight is 283 g/mol. The highest BCUT2D eigenvalue weighted by Crippen LogP contribution is 2.31. The third-order valence-electron chi connectivity index (χ3n) is 3.70. The number of nitrogens with zero attached hydrogens (tertiary/aromatic N) is 3. The second-order valence-electron chi connectivity index (χ2n) is 6.27. The summed E-state index contributed by atoms with van der Waals surface area (Å²) in [6, 6.07) is 0. The van der Waals surface area contributed by atoms with Gasteiger partial charge >= 0.3 is 0 Å². The van der Waals surface area contributed by atoms with E-state index in [1.54, 1.807) is 11.3 Å². The molecule has 1 aliphatic heterocycles. The van der Waals surface area contributed by atoms with Crippen molar-refractivity contribution in [2.45, 2.75) is 46.3 Å². The standard InChI is InChI=1S/C14H25N3OS/c1-10-12(11(2)18)19-13(15-10)16-6-8-17(9-7-16)14(3,4)5/h11,18H,6-9H2,1-5H3. The zero-order valence-electron chi connectivity index (χ0n) is 12.6. The van der Waals surface area contributed by atoms with Crippen LogP contribution in [0.2, 0.25) is 0 Å². The first kappa shape index (κ1) is 14.8. The summed E-state index contributed by atoms with van der Waals surface area (Å²) in [5.41, 5.74) is 1.21. The van der Waals surface area contributed by atoms with Crippen molar-refractivity contribution >= 4 is 16.5 Å². The smallest absolute Gasteiger partial charge is 0.185 e. The predicted molar refractivity (Wildman–Crippen MR) is 81.0 cm³/mol. The van der Waals surface area contributed by atoms with Crippen molar-refractivity contribution in [2.24, 2.45) is 0 Å². The van der Waals surface area contributed by atoms with Crippen molar-refractivity contribution in [3.63, 3.8) is 0 Å². The molecule has 0 bridgehead atoms. The number of aliphatic hydroxyl groups excluding tert-OH is 1. The van der Waals surface area contributed by atoms with E-state index in [9.17, 15) is 5.11 Å². The fourth-order valence-electron chi connectivity index (χ4n) is 2.48. The Hall–Kier alpha value is -0.650. The largest absolute Gasteiger partial charge is 0.388 e. The van der Waals surface area contributed by atoms with Gasteiger partial charge in [0.2, 0.25) is 0 Å². The first-order valence-electron chi connectivity index (χ1n) is 6.94. The van der Waals surface area contributed by atoms with Crippen molar-refractivity contribution in [1.82, 2.24) is 9.88 Å². The number of thiazole rings is 1. The Morgan fingerprint density at radius 1 is 1.21 bits per heavy atom. The summed E-state index contributed by atoms with van der Waals surface area (Å²) in [6.07, 6.45) is -0.415. The Morgan fingerprint density at radius 3 is 2.21 bits per heavy atom. The van der Waals surface area contributed by atoms with Gasteiger partial charge in [-0.05, 0) is 34.6 Å². The molecule has 19 heavy (non-hydrogen) atoms. The molecule has 0 radical (unpaired) electrons. The van der Waals surface area contributed by atoms with Crippen molar-refractivity contribution in [3.8, 4) is 0 Å². The maximum atomic E-state index is 9.71. The number of aryl methyl sites for hydroxylation is 1. The van der Waals surface area contributed by atoms with Crippen molar-refractivity contribution in [2.75, 3.05) is 31.1 Å². The molecule has 5 heteroatoms. The van der Waals surface area contributed by atoms with Crippen LogP contribution in [0.1, 0.15) is 44.4 Å². The van der Waals surface area contributed by atoms with Gasteiger partial charge in [0, 0.05) is 31.7 Å². The quantitative estimate of drug-likeness (QED) is 0.905. The molecule has 1 aromatic rings. The molecule has 1 aromatic heterocycles. The van der Waals surface area contributed by atoms with Crippen LogP contribution in [-0.2, 0) is 0 Å². The summed E-state index contributed by atoms with van der Waals surface area (Å²) in [4.78, 5) is 10.5. The highest BCUT2D eigenvalue weighted by Gasteiger charge is 2.27. The Morgan fingerprint density at radius 2 is 1.79 bits per heavy atom. The zero-order valence-corrected chi connectivity index (χ0v) is 13.4. The normalized spacial score (nSPS) is 19.8. The summed E-state index contributed by atoms with van der Waals surface area (Å²) in [7, 11) is 0. The number of piperazine rings is 1. The number of rotatable bonds is 2. The van der Waals surface area contributed by atoms with Crippen LogP contribution in [-0.4, -0.2) is 46.7 Å². The van der Waals surface area contributed by atoms with Crippen LogP contribution in [0.25, 0.3) is 0 Å². The van der Waals surface area contributed by atoms with E-state index < -0.39 is 6.10 Å². The van der Waals surface area contributed by atoms with E-state index in [1.807, 2.05) is 13.8 Å². The highest BCUT2D eigenvalue weighted by molar-refractivity contribution is 7.15. The van der Waals surface area contributed by atoms with Gasteiger partial charge in [-0.2, -0.15) is 0 Å². The Bertz CT molecular complexity index is 428. The monoisotopic (exact) mass is 283 g/mol. The van der Waals surface area contributed by atoms with Gasteiger partial charge in [-0.15, -0.1) is 0 Å². The molecule has 1 saturated heterocycles. The molecule has 0 aromatic carbocycles. The van der Waals surface area contributed by atoms with Crippen LogP contribution in [0.3, 0.4) is 0 Å². The Kier molecular flexibility index (Phi) is 4.18. The Labute approximate surface area is 120 Å². The van der Waals surface area contributed by atoms with Gasteiger partial charge in [-0.1, -0.05) is 11.3 Å². The molecule has 1 N–H and O–H groups in total. The molecular weight excluding hydrogens is 258 g/mol. The molecule has 0 aliphatic carbocycles. The maximum Gasteiger partial charge on any atom is 0.185 e. The molecule has 108 valence electrons. The topological polar surface area (TPSA) is 39.6 Å². The van der Waals surface area contributed by atoms with Gasteiger partial charge in [0.15, 0.2) is 5.13 Å². The van der Waals surface area contributed by atoms with E-state index in [2.05, 4.69) is 35.6 Å². The van der Waals surface area contributed by atoms with Gasteiger partial charge < -0.3 is 10.0 Å². The van der Waals surface area contributed by atoms with E-state index >= 15 is 0 Å². The average Bonchev–Trinajstić information content (AvgIpc) is 2.70. The summed E-state index contributed by atoms with van der Waals surface area (Å²) >= 11 is 1.63. The first-order chi connectivity index (χ1) is 8.79. The lowest BCUT2D eigenvalue weighted by Gasteiger charge is -2.42. The minimum atomic E-state index is -0.415. The summed E-state index contributed by atoms with van der Waals surface area (Å²) in [5, 5.41) is 10.8. The van der Waals surface area contributed by atoms with Crippen LogP contribution >= 0.6 is 11.3 Å². The molecule has 4 nitrogen and oxygen atoms in total. The number of hydrogen-bond acceptors (Lipinski definition) is 5. The van der Waals surface area contributed by atoms with Gasteiger partial charge in [-0.3, -0.25) is 4.90 Å². The Balaban J connectivity index is 2.04. The van der Waals surface area contributed by atoms with Gasteiger partial charge in [-0.25, -0.2) is 4.98 Å². The molecule has 1 atom stereocenters. The second-order valence-corrected chi connectivity index (χ2v) is 7.28. The second kappa shape index (κ2) is 5.38. The number of aliphatic hydroxyl groups is 1. The number of hydrogen-bond donors (Lipinski definition) is 1. The predicted octanol–water partition coefficient (Wildman–Crippen LogP) is 2.43. The van der Waals surface area contributed by atoms with Gasteiger partial charge in [0.25, 0.3) is 0 Å². The lowest BCUT2D eigenvalue weighted by Crippen LogP contribution is -2.53. The van der Waals surface area contributed by atoms with E-state index in [-0.39, 0.29) is 5.54 Å². The SMILES string of the molecule is Cc1nc(N2CCN(C(C)(C)C)CC2)sc1C(C)O. The fraction of sp³-hybridized carbons (Fsp3) is 0.786. The third-order valence-corrected chi connectivity index (χ3v) is 5.09. The van der Waals surface area contributed by atoms with Crippen LogP contribution in [0.4, 0.5) is 5.13 Å². The van der Waals surface area contributed by atoms with Gasteiger partial charge in [0.05, 0.1) is 16.7 Å². The molecule has 0 amide bonds. The lowest BCUT2D eigenvalue weighted by atomic mass is 10.1. The third kappa shape index (κ3) is 3.27. The van der Waals surface area contributed by atoms with E-state index in [0.717, 1.165) is 41.9 Å². The summed E-state index contributed by atoms with van der Waals surface area (Å²) in [5.74, 6) is 0. The summed E-state index contributed by atoms with van der Waals surface area (Å²) in [6.45, 7) is 14.8. The van der Waals surface area contributed by atoms with E-state index in [0.29, 0.717) is 0 Å². The lowest BCUT2D eigenvalue weighted by molar-refractivity contribution is 0.128. The van der Waals surface area contributed by atoms with Crippen molar-refractivity contribution in [3.05, 3.63) is 10.6 Å². The molecule has 2 heterocycles. The van der Waals surface area contributed by atoms with Crippen LogP contribution in [0, 0.1) is 6.92 Å². The van der Waals surface area contributed by atoms with Crippen LogP contribution in [0.15, 0.2) is 0 Å². The van der Waals surface area contributed by atoms with Crippen molar-refractivity contribution < 1.29 is 5.11 Å². The van der Waals surface area contributed by atoms with Gasteiger partial charge in [0.1, 0.15) is 0 Å². The van der Waals surface area contributed by atoms with Crippen molar-refractivity contribution in [1.29, 1.82) is 0 Å². The minimum Gasteiger partial charge on any atom is -0.388 e. The van der Waals surface area contributed by atoms with E-state index in [1.165, 1.54) is 0 Å². The van der Waals surface area contributed by atoms with E-state index in [4.69, 9.17) is 0 Å². The minimum absolute atomic E-state index is 0.246. The molecule has 1 unspecified atom stereocenters.